The molecule has 0 spiro atoms. The molecule has 1 fully saturated rings. The Labute approximate surface area is 213 Å². The van der Waals surface area contributed by atoms with Crippen molar-refractivity contribution in [3.8, 4) is 0 Å². The number of methoxy groups -OCH3 is 1. The summed E-state index contributed by atoms with van der Waals surface area (Å²) in [5.74, 6) is -3.63. The van der Waals surface area contributed by atoms with Crippen LogP contribution in [0.25, 0.3) is 0 Å². The van der Waals surface area contributed by atoms with Crippen molar-refractivity contribution in [3.63, 3.8) is 0 Å². The molecule has 37 heavy (non-hydrogen) atoms. The average Bonchev–Trinajstić information content (AvgIpc) is 2.84. The van der Waals surface area contributed by atoms with Gasteiger partial charge in [0.1, 0.15) is 31.5 Å². The van der Waals surface area contributed by atoms with Crippen molar-refractivity contribution >= 4 is 29.8 Å². The van der Waals surface area contributed by atoms with Crippen LogP contribution >= 0.6 is 0 Å². The second kappa shape index (κ2) is 14.3. The van der Waals surface area contributed by atoms with Gasteiger partial charge in [0.2, 0.25) is 5.91 Å². The van der Waals surface area contributed by atoms with Gasteiger partial charge in [-0.25, -0.2) is 4.79 Å². The summed E-state index contributed by atoms with van der Waals surface area (Å²) < 4.78 is 31.0. The third kappa shape index (κ3) is 9.44. The van der Waals surface area contributed by atoms with E-state index in [4.69, 9.17) is 28.4 Å². The number of rotatable bonds is 11. The molecule has 1 aromatic rings. The highest BCUT2D eigenvalue weighted by Gasteiger charge is 2.50. The van der Waals surface area contributed by atoms with Gasteiger partial charge in [-0.05, 0) is 5.56 Å². The SMILES string of the molecule is COC(=O)[C@H](Cc1ccccc1)NC(=O)CO[C@H]1O[C@H](COC(C)=O)[C@@H](OC(C)=O)[C@H](OC(C)=O)[C@H]1O. The summed E-state index contributed by atoms with van der Waals surface area (Å²) in [7, 11) is 1.19. The van der Waals surface area contributed by atoms with E-state index >= 15 is 0 Å². The lowest BCUT2D eigenvalue weighted by Crippen LogP contribution is -2.62. The Kier molecular flexibility index (Phi) is 11.4. The summed E-state index contributed by atoms with van der Waals surface area (Å²) >= 11 is 0. The number of carbonyl (C=O) groups excluding carboxylic acids is 5. The predicted molar refractivity (Wildman–Crippen MR) is 122 cm³/mol. The average molecular weight is 526 g/mol. The maximum absolute atomic E-state index is 12.6. The molecule has 13 heteroatoms. The normalized spacial score (nSPS) is 23.8. The summed E-state index contributed by atoms with van der Waals surface area (Å²) in [5.41, 5.74) is 0.777. The molecule has 0 bridgehead atoms. The first-order valence-electron chi connectivity index (χ1n) is 11.4. The van der Waals surface area contributed by atoms with Crippen LogP contribution in [0.15, 0.2) is 30.3 Å². The van der Waals surface area contributed by atoms with Gasteiger partial charge in [-0.15, -0.1) is 0 Å². The Morgan fingerprint density at radius 2 is 1.59 bits per heavy atom. The number of nitrogens with one attached hydrogen (secondary N) is 1. The highest BCUT2D eigenvalue weighted by molar-refractivity contribution is 5.85. The third-order valence-corrected chi connectivity index (χ3v) is 5.15. The lowest BCUT2D eigenvalue weighted by Gasteiger charge is -2.42. The van der Waals surface area contributed by atoms with Crippen molar-refractivity contribution in [2.75, 3.05) is 20.3 Å². The van der Waals surface area contributed by atoms with Crippen molar-refractivity contribution in [3.05, 3.63) is 35.9 Å². The summed E-state index contributed by atoms with van der Waals surface area (Å²) in [6.45, 7) is 2.23. The first kappa shape index (κ1) is 29.7. The minimum atomic E-state index is -1.68. The minimum Gasteiger partial charge on any atom is -0.467 e. The number of hydrogen-bond donors (Lipinski definition) is 2. The van der Waals surface area contributed by atoms with Gasteiger partial charge < -0.3 is 38.8 Å². The zero-order valence-corrected chi connectivity index (χ0v) is 20.9. The molecule has 1 aliphatic heterocycles. The molecular formula is C24H31NO12. The molecule has 0 aliphatic carbocycles. The molecule has 0 unspecified atom stereocenters. The van der Waals surface area contributed by atoms with Crippen LogP contribution in [0.1, 0.15) is 26.3 Å². The molecule has 1 saturated heterocycles. The first-order chi connectivity index (χ1) is 17.5. The van der Waals surface area contributed by atoms with Crippen LogP contribution in [0.4, 0.5) is 0 Å². The summed E-state index contributed by atoms with van der Waals surface area (Å²) in [5, 5.41) is 13.2. The quantitative estimate of drug-likeness (QED) is 0.278. The Bertz CT molecular complexity index is 952. The van der Waals surface area contributed by atoms with E-state index in [0.717, 1.165) is 26.3 Å². The number of ether oxygens (including phenoxy) is 6. The molecule has 2 N–H and O–H groups in total. The maximum atomic E-state index is 12.6. The van der Waals surface area contributed by atoms with Gasteiger partial charge in [-0.3, -0.25) is 19.2 Å². The zero-order valence-electron chi connectivity index (χ0n) is 20.9. The van der Waals surface area contributed by atoms with Gasteiger partial charge in [0.25, 0.3) is 0 Å². The van der Waals surface area contributed by atoms with Gasteiger partial charge >= 0.3 is 23.9 Å². The van der Waals surface area contributed by atoms with Gasteiger partial charge in [0.15, 0.2) is 18.5 Å². The number of esters is 4. The Balaban J connectivity index is 2.12. The van der Waals surface area contributed by atoms with Crippen molar-refractivity contribution in [2.24, 2.45) is 0 Å². The van der Waals surface area contributed by atoms with E-state index in [1.807, 2.05) is 6.07 Å². The van der Waals surface area contributed by atoms with Crippen molar-refractivity contribution in [2.45, 2.75) is 63.9 Å². The number of hydrogen-bond acceptors (Lipinski definition) is 12. The number of aliphatic hydroxyl groups is 1. The lowest BCUT2D eigenvalue weighted by molar-refractivity contribution is -0.304. The molecule has 0 aromatic heterocycles. The molecule has 6 atom stereocenters. The highest BCUT2D eigenvalue weighted by atomic mass is 16.7. The second-order valence-corrected chi connectivity index (χ2v) is 8.13. The van der Waals surface area contributed by atoms with Gasteiger partial charge in [0.05, 0.1) is 7.11 Å². The minimum absolute atomic E-state index is 0.158. The van der Waals surface area contributed by atoms with Crippen molar-refractivity contribution < 1.29 is 57.5 Å². The van der Waals surface area contributed by atoms with E-state index < -0.39 is 79.7 Å². The van der Waals surface area contributed by atoms with Crippen LogP contribution in [0.5, 0.6) is 0 Å². The molecule has 204 valence electrons. The van der Waals surface area contributed by atoms with Crippen LogP contribution in [-0.4, -0.2) is 92.0 Å². The largest absolute Gasteiger partial charge is 0.467 e. The van der Waals surface area contributed by atoms with Crippen LogP contribution in [0.3, 0.4) is 0 Å². The lowest BCUT2D eigenvalue weighted by atomic mass is 9.98. The Morgan fingerprint density at radius 3 is 2.16 bits per heavy atom. The third-order valence-electron chi connectivity index (χ3n) is 5.15. The Morgan fingerprint density at radius 1 is 0.973 bits per heavy atom. The standard InChI is InChI=1S/C24H31NO12/c1-13(26)33-11-18-21(35-14(2)27)22(36-15(3)28)20(30)24(37-18)34-12-19(29)25-17(23(31)32-4)10-16-8-6-5-7-9-16/h5-9,17-18,20-22,24,30H,10-12H2,1-4H3,(H,25,29)/t17-,18+,20+,21+,22+,24-/m0/s1. The molecule has 0 radical (unpaired) electrons. The molecule has 2 rings (SSSR count). The van der Waals surface area contributed by atoms with E-state index in [0.29, 0.717) is 0 Å². The predicted octanol–water partition coefficient (Wildman–Crippen LogP) is -0.584. The van der Waals surface area contributed by atoms with Crippen LogP contribution in [0, 0.1) is 0 Å². The summed E-state index contributed by atoms with van der Waals surface area (Å²) in [6.07, 6.45) is -7.06. The smallest absolute Gasteiger partial charge is 0.328 e. The molecule has 1 aliphatic rings. The maximum Gasteiger partial charge on any atom is 0.328 e. The molecule has 13 nitrogen and oxygen atoms in total. The monoisotopic (exact) mass is 525 g/mol. The fourth-order valence-corrected chi connectivity index (χ4v) is 3.60. The van der Waals surface area contributed by atoms with Gasteiger partial charge in [-0.2, -0.15) is 0 Å². The summed E-state index contributed by atoms with van der Waals surface area (Å²) in [4.78, 5) is 59.3. The van der Waals surface area contributed by atoms with E-state index in [1.54, 1.807) is 24.3 Å². The fourth-order valence-electron chi connectivity index (χ4n) is 3.60. The van der Waals surface area contributed by atoms with E-state index in [2.05, 4.69) is 5.32 Å². The van der Waals surface area contributed by atoms with Gasteiger partial charge in [-0.1, -0.05) is 30.3 Å². The Hall–Kier alpha value is -3.55. The molecule has 1 aromatic carbocycles. The topological polar surface area (TPSA) is 173 Å². The number of amides is 1. The molecule has 1 amide bonds. The first-order valence-corrected chi connectivity index (χ1v) is 11.4. The van der Waals surface area contributed by atoms with E-state index in [1.165, 1.54) is 7.11 Å². The molecule has 1 heterocycles. The van der Waals surface area contributed by atoms with Crippen LogP contribution < -0.4 is 5.32 Å². The number of carbonyl (C=O) groups is 5. The highest BCUT2D eigenvalue weighted by Crippen LogP contribution is 2.27. The van der Waals surface area contributed by atoms with E-state index in [-0.39, 0.29) is 6.42 Å². The van der Waals surface area contributed by atoms with Gasteiger partial charge in [0, 0.05) is 27.2 Å². The number of benzene rings is 1. The second-order valence-electron chi connectivity index (χ2n) is 8.13. The summed E-state index contributed by atoms with van der Waals surface area (Å²) in [6, 6.07) is 7.92. The van der Waals surface area contributed by atoms with Crippen molar-refractivity contribution in [1.82, 2.24) is 5.32 Å². The molecular weight excluding hydrogens is 494 g/mol. The van der Waals surface area contributed by atoms with Crippen molar-refractivity contribution in [1.29, 1.82) is 0 Å². The zero-order chi connectivity index (χ0) is 27.5. The van der Waals surface area contributed by atoms with Crippen LogP contribution in [-0.2, 0) is 58.8 Å². The van der Waals surface area contributed by atoms with Crippen LogP contribution in [0.2, 0.25) is 0 Å². The number of aliphatic hydroxyl groups excluding tert-OH is 1. The van der Waals surface area contributed by atoms with E-state index in [9.17, 15) is 29.1 Å². The fraction of sp³-hybridized carbons (Fsp3) is 0.542. The molecule has 0 saturated carbocycles.